The summed E-state index contributed by atoms with van der Waals surface area (Å²) in [5.41, 5.74) is 6.55. The summed E-state index contributed by atoms with van der Waals surface area (Å²) in [5.74, 6) is 0. The number of hydrogen-bond acceptors (Lipinski definition) is 4. The van der Waals surface area contributed by atoms with Gasteiger partial charge >= 0.3 is 0 Å². The molecule has 1 aromatic carbocycles. The molecule has 0 saturated heterocycles. The van der Waals surface area contributed by atoms with Gasteiger partial charge in [0.2, 0.25) is 6.41 Å². The van der Waals surface area contributed by atoms with Crippen LogP contribution in [0.3, 0.4) is 0 Å². The van der Waals surface area contributed by atoms with Crippen LogP contribution in [0.5, 0.6) is 0 Å². The van der Waals surface area contributed by atoms with Gasteiger partial charge in [-0.25, -0.2) is 0 Å². The van der Waals surface area contributed by atoms with Gasteiger partial charge in [-0.2, -0.15) is 0 Å². The lowest BCUT2D eigenvalue weighted by atomic mass is 9.91. The van der Waals surface area contributed by atoms with E-state index >= 15 is 0 Å². The maximum atomic E-state index is 12.0. The molecule has 0 aliphatic rings. The maximum Gasteiger partial charge on any atom is 0.207 e. The predicted octanol–water partition coefficient (Wildman–Crippen LogP) is 7.81. The van der Waals surface area contributed by atoms with Gasteiger partial charge in [0, 0.05) is 48.9 Å². The van der Waals surface area contributed by atoms with Crippen molar-refractivity contribution in [2.24, 2.45) is 0 Å². The highest BCUT2D eigenvalue weighted by Gasteiger charge is 2.15. The van der Waals surface area contributed by atoms with Crippen LogP contribution in [0.1, 0.15) is 83.7 Å². The highest BCUT2D eigenvalue weighted by atomic mass is 16.1. The summed E-state index contributed by atoms with van der Waals surface area (Å²) in [6.45, 7) is 19.0. The fourth-order valence-electron chi connectivity index (χ4n) is 3.38. The van der Waals surface area contributed by atoms with Crippen LogP contribution < -0.4 is 16.0 Å². The first-order chi connectivity index (χ1) is 19.5. The first-order valence-electron chi connectivity index (χ1n) is 14.4. The van der Waals surface area contributed by atoms with E-state index in [9.17, 15) is 9.59 Å². The number of H-pyrrole nitrogens is 1. The van der Waals surface area contributed by atoms with Crippen LogP contribution >= 0.6 is 0 Å². The normalized spacial score (nSPS) is 11.0. The quantitative estimate of drug-likeness (QED) is 0.0886. The van der Waals surface area contributed by atoms with Crippen molar-refractivity contribution in [2.45, 2.75) is 68.2 Å². The summed E-state index contributed by atoms with van der Waals surface area (Å²) < 4.78 is 0. The van der Waals surface area contributed by atoms with Crippen LogP contribution in [-0.4, -0.2) is 44.4 Å². The Morgan fingerprint density at radius 2 is 1.65 bits per heavy atom. The molecule has 0 atom stereocenters. The van der Waals surface area contributed by atoms with Crippen molar-refractivity contribution < 1.29 is 9.59 Å². The van der Waals surface area contributed by atoms with E-state index in [0.29, 0.717) is 12.0 Å². The van der Waals surface area contributed by atoms with Crippen LogP contribution in [-0.2, 0) is 9.59 Å². The van der Waals surface area contributed by atoms with E-state index in [4.69, 9.17) is 0 Å². The number of rotatable bonds is 13. The average Bonchev–Trinajstić information content (AvgIpc) is 3.39. The number of aromatic amines is 1. The fraction of sp³-hybridized carbons (Fsp3) is 0.412. The van der Waals surface area contributed by atoms with Gasteiger partial charge in [-0.1, -0.05) is 83.6 Å². The van der Waals surface area contributed by atoms with Crippen molar-refractivity contribution in [3.8, 4) is 0 Å². The van der Waals surface area contributed by atoms with Crippen LogP contribution in [0.2, 0.25) is 0 Å². The molecule has 0 radical (unpaired) electrons. The molecule has 0 aliphatic heterocycles. The van der Waals surface area contributed by atoms with Gasteiger partial charge in [-0.05, 0) is 68.6 Å². The molecule has 0 unspecified atom stereocenters. The summed E-state index contributed by atoms with van der Waals surface area (Å²) >= 11 is 0. The first kappa shape index (κ1) is 38.5. The second kappa shape index (κ2) is 26.9. The molecular formula is C34H54N4O2. The number of benzene rings is 1. The average molecular weight is 551 g/mol. The minimum absolute atomic E-state index is 0.631. The van der Waals surface area contributed by atoms with Crippen LogP contribution in [0.25, 0.3) is 17.2 Å². The zero-order valence-electron chi connectivity index (χ0n) is 26.4. The summed E-state index contributed by atoms with van der Waals surface area (Å²) in [5, 5.41) is 8.93. The zero-order chi connectivity index (χ0) is 30.6. The number of amides is 1. The zero-order valence-corrected chi connectivity index (χ0v) is 26.4. The summed E-state index contributed by atoms with van der Waals surface area (Å²) in [6, 6.07) is 8.03. The highest BCUT2D eigenvalue weighted by molar-refractivity contribution is 6.17. The Kier molecular flexibility index (Phi) is 25.9. The Balaban J connectivity index is 0. The van der Waals surface area contributed by atoms with Gasteiger partial charge in [0.15, 0.2) is 6.29 Å². The number of hydrogen-bond donors (Lipinski definition) is 4. The second-order valence-corrected chi connectivity index (χ2v) is 8.45. The first-order valence-corrected chi connectivity index (χ1v) is 14.4. The van der Waals surface area contributed by atoms with Crippen LogP contribution in [0.4, 0.5) is 5.69 Å². The molecule has 6 heteroatoms. The lowest BCUT2D eigenvalue weighted by molar-refractivity contribution is -0.109. The number of nitrogens with one attached hydrogen (secondary N) is 4. The standard InChI is InChI=1S/C23H26N2O.C6H14N2O.C3H8.C2H6/c1-5-7-10-18(9-6-2)20-11-8-12-21(24-4)23(20)19(16-26)15-22-17(3)13-14-25-22;1-2-3-7-4-5-8-6-9;1-3-2;1-2/h5-16,24-25H,1-4H3;6-7H,2-5H2,1H3,(H,8,9);3H2,1-2H3;1-2H3/b7-5-,9-6+,18-10+,19-15+;;;. The van der Waals surface area contributed by atoms with Crippen molar-refractivity contribution >= 4 is 35.6 Å². The molecule has 40 heavy (non-hydrogen) atoms. The van der Waals surface area contributed by atoms with Crippen molar-refractivity contribution in [3.63, 3.8) is 0 Å². The van der Waals surface area contributed by atoms with Crippen LogP contribution in [0.15, 0.2) is 60.8 Å². The number of aromatic nitrogens is 1. The molecule has 0 bridgehead atoms. The van der Waals surface area contributed by atoms with Crippen molar-refractivity contribution in [3.05, 3.63) is 83.2 Å². The van der Waals surface area contributed by atoms with Crippen molar-refractivity contribution in [1.29, 1.82) is 0 Å². The lowest BCUT2D eigenvalue weighted by Gasteiger charge is -2.16. The molecule has 2 rings (SSSR count). The molecule has 222 valence electrons. The Morgan fingerprint density at radius 3 is 2.15 bits per heavy atom. The number of aldehydes is 1. The number of carbonyl (C=O) groups is 2. The largest absolute Gasteiger partial charge is 0.388 e. The van der Waals surface area contributed by atoms with E-state index in [1.165, 1.54) is 6.42 Å². The second-order valence-electron chi connectivity index (χ2n) is 8.45. The third kappa shape index (κ3) is 15.7. The van der Waals surface area contributed by atoms with E-state index in [1.807, 2.05) is 96.4 Å². The molecule has 4 N–H and O–H groups in total. The van der Waals surface area contributed by atoms with E-state index in [0.717, 1.165) is 66.0 Å². The number of aryl methyl sites for hydroxylation is 1. The van der Waals surface area contributed by atoms with Gasteiger partial charge in [-0.3, -0.25) is 9.59 Å². The molecule has 0 spiro atoms. The SMILES string of the molecule is CC.CCC.CCCNCCNC=O.C\C=C/C=C(\C=C\C)c1cccc(NC)c1/C(C=O)=C/c1[nH]ccc1C. The number of anilines is 1. The smallest absolute Gasteiger partial charge is 0.207 e. The lowest BCUT2D eigenvalue weighted by Crippen LogP contribution is -2.26. The minimum atomic E-state index is 0.631. The predicted molar refractivity (Wildman–Crippen MR) is 178 cm³/mol. The van der Waals surface area contributed by atoms with E-state index in [2.05, 4.69) is 53.9 Å². The fourth-order valence-corrected chi connectivity index (χ4v) is 3.38. The molecule has 1 heterocycles. The van der Waals surface area contributed by atoms with Gasteiger partial charge < -0.3 is 20.9 Å². The summed E-state index contributed by atoms with van der Waals surface area (Å²) in [7, 11) is 1.87. The van der Waals surface area contributed by atoms with Gasteiger partial charge in [-0.15, -0.1) is 0 Å². The van der Waals surface area contributed by atoms with Crippen molar-refractivity contribution in [1.82, 2.24) is 15.6 Å². The molecule has 2 aromatic rings. The van der Waals surface area contributed by atoms with Crippen molar-refractivity contribution in [2.75, 3.05) is 32.0 Å². The monoisotopic (exact) mass is 550 g/mol. The Bertz CT molecular complexity index is 1050. The van der Waals surface area contributed by atoms with E-state index in [1.54, 1.807) is 0 Å². The third-order valence-electron chi connectivity index (χ3n) is 5.13. The van der Waals surface area contributed by atoms with Gasteiger partial charge in [0.25, 0.3) is 0 Å². The molecular weight excluding hydrogens is 496 g/mol. The Morgan fingerprint density at radius 1 is 0.950 bits per heavy atom. The maximum absolute atomic E-state index is 12.0. The molecule has 0 saturated carbocycles. The molecule has 1 aromatic heterocycles. The van der Waals surface area contributed by atoms with E-state index < -0.39 is 0 Å². The topological polar surface area (TPSA) is 86.0 Å². The molecule has 1 amide bonds. The molecule has 0 fully saturated rings. The summed E-state index contributed by atoms with van der Waals surface area (Å²) in [6.07, 6.45) is 17.9. The number of allylic oxidation sites excluding steroid dienone is 7. The Hall–Kier alpha value is -3.64. The Labute approximate surface area is 244 Å². The number of carbonyl (C=O) groups excluding carboxylic acids is 2. The minimum Gasteiger partial charge on any atom is -0.388 e. The van der Waals surface area contributed by atoms with E-state index in [-0.39, 0.29) is 0 Å². The molecule has 0 aliphatic carbocycles. The highest BCUT2D eigenvalue weighted by Crippen LogP contribution is 2.33. The van der Waals surface area contributed by atoms with Gasteiger partial charge in [0.1, 0.15) is 0 Å². The third-order valence-corrected chi connectivity index (χ3v) is 5.13. The molecule has 6 nitrogen and oxygen atoms in total. The van der Waals surface area contributed by atoms with Crippen LogP contribution in [0, 0.1) is 6.92 Å². The van der Waals surface area contributed by atoms with Gasteiger partial charge in [0.05, 0.1) is 0 Å². The summed E-state index contributed by atoms with van der Waals surface area (Å²) in [4.78, 5) is 24.9.